The first-order valence-electron chi connectivity index (χ1n) is 9.68. The average Bonchev–Trinajstić information content (AvgIpc) is 2.70. The highest BCUT2D eigenvalue weighted by Gasteiger charge is 2.18. The minimum absolute atomic E-state index is 0.209. The molecule has 7 nitrogen and oxygen atoms in total. The zero-order chi connectivity index (χ0) is 21.2. The van der Waals surface area contributed by atoms with Crippen LogP contribution in [0.15, 0.2) is 42.5 Å². The van der Waals surface area contributed by atoms with Crippen LogP contribution in [-0.2, 0) is 16.0 Å². The lowest BCUT2D eigenvalue weighted by molar-refractivity contribution is -0.145. The predicted molar refractivity (Wildman–Crippen MR) is 111 cm³/mol. The van der Waals surface area contributed by atoms with E-state index in [9.17, 15) is 14.7 Å². The lowest BCUT2D eigenvalue weighted by Gasteiger charge is -2.14. The van der Waals surface area contributed by atoms with Crippen LogP contribution in [0.3, 0.4) is 0 Å². The van der Waals surface area contributed by atoms with Crippen LogP contribution < -0.4 is 15.8 Å². The van der Waals surface area contributed by atoms with Crippen LogP contribution in [0.25, 0.3) is 0 Å². The molecule has 7 heteroatoms. The summed E-state index contributed by atoms with van der Waals surface area (Å²) in [6.07, 6.45) is 2.33. The van der Waals surface area contributed by atoms with Gasteiger partial charge in [-0.2, -0.15) is 0 Å². The highest BCUT2D eigenvalue weighted by Crippen LogP contribution is 2.23. The number of rotatable bonds is 10. The van der Waals surface area contributed by atoms with Gasteiger partial charge in [0, 0.05) is 12.0 Å². The SMILES string of the molecule is CCCCOC(=O)C(C)NC(=O)c1ccc(N)c(OCCc2ccc(O)cc2)c1. The van der Waals surface area contributed by atoms with Crippen molar-refractivity contribution < 1.29 is 24.2 Å². The highest BCUT2D eigenvalue weighted by molar-refractivity contribution is 5.97. The van der Waals surface area contributed by atoms with Crippen molar-refractivity contribution in [2.24, 2.45) is 0 Å². The van der Waals surface area contributed by atoms with Crippen LogP contribution in [0.2, 0.25) is 0 Å². The number of aromatic hydroxyl groups is 1. The maximum Gasteiger partial charge on any atom is 0.328 e. The molecule has 4 N–H and O–H groups in total. The summed E-state index contributed by atoms with van der Waals surface area (Å²) in [7, 11) is 0. The third-order valence-corrected chi connectivity index (χ3v) is 4.30. The van der Waals surface area contributed by atoms with E-state index in [4.69, 9.17) is 15.2 Å². The number of esters is 1. The number of hydrogen-bond donors (Lipinski definition) is 3. The van der Waals surface area contributed by atoms with Gasteiger partial charge < -0.3 is 25.6 Å². The van der Waals surface area contributed by atoms with Gasteiger partial charge in [-0.05, 0) is 49.2 Å². The van der Waals surface area contributed by atoms with Gasteiger partial charge in [0.2, 0.25) is 0 Å². The average molecular weight is 400 g/mol. The molecule has 0 aromatic heterocycles. The van der Waals surface area contributed by atoms with E-state index in [1.807, 2.05) is 19.1 Å². The second-order valence-corrected chi connectivity index (χ2v) is 6.73. The number of unbranched alkanes of at least 4 members (excludes halogenated alkanes) is 1. The Labute approximate surface area is 170 Å². The predicted octanol–water partition coefficient (Wildman–Crippen LogP) is 3.06. The maximum absolute atomic E-state index is 12.4. The molecule has 0 saturated carbocycles. The molecule has 2 aromatic carbocycles. The van der Waals surface area contributed by atoms with Gasteiger partial charge in [-0.15, -0.1) is 0 Å². The highest BCUT2D eigenvalue weighted by atomic mass is 16.5. The van der Waals surface area contributed by atoms with Crippen LogP contribution in [0, 0.1) is 0 Å². The topological polar surface area (TPSA) is 111 Å². The number of ether oxygens (including phenoxy) is 2. The second kappa shape index (κ2) is 10.9. The van der Waals surface area contributed by atoms with Crippen molar-refractivity contribution >= 4 is 17.6 Å². The van der Waals surface area contributed by atoms with Gasteiger partial charge in [0.15, 0.2) is 0 Å². The Bertz CT molecular complexity index is 820. The van der Waals surface area contributed by atoms with Crippen LogP contribution in [-0.4, -0.2) is 36.2 Å². The number of carbonyl (C=O) groups is 2. The van der Waals surface area contributed by atoms with Crippen molar-refractivity contribution in [2.75, 3.05) is 18.9 Å². The van der Waals surface area contributed by atoms with Crippen molar-refractivity contribution in [3.63, 3.8) is 0 Å². The molecular weight excluding hydrogens is 372 g/mol. The van der Waals surface area contributed by atoms with E-state index in [1.165, 1.54) is 0 Å². The van der Waals surface area contributed by atoms with E-state index in [0.717, 1.165) is 18.4 Å². The molecule has 1 amide bonds. The summed E-state index contributed by atoms with van der Waals surface area (Å²) in [6.45, 7) is 4.29. The zero-order valence-corrected chi connectivity index (χ0v) is 16.8. The van der Waals surface area contributed by atoms with Crippen molar-refractivity contribution in [2.45, 2.75) is 39.2 Å². The normalized spacial score (nSPS) is 11.5. The first-order valence-corrected chi connectivity index (χ1v) is 9.68. The van der Waals surface area contributed by atoms with Gasteiger partial charge in [-0.25, -0.2) is 4.79 Å². The van der Waals surface area contributed by atoms with Crippen molar-refractivity contribution in [1.29, 1.82) is 0 Å². The fourth-order valence-electron chi connectivity index (χ4n) is 2.52. The first kappa shape index (κ1) is 22.1. The van der Waals surface area contributed by atoms with Crippen LogP contribution in [0.4, 0.5) is 5.69 Å². The first-order chi connectivity index (χ1) is 13.9. The molecule has 2 rings (SSSR count). The van der Waals surface area contributed by atoms with Gasteiger partial charge in [-0.3, -0.25) is 4.79 Å². The Hall–Kier alpha value is -3.22. The monoisotopic (exact) mass is 400 g/mol. The van der Waals surface area contributed by atoms with Crippen molar-refractivity contribution in [1.82, 2.24) is 5.32 Å². The number of nitrogen functional groups attached to an aromatic ring is 1. The zero-order valence-electron chi connectivity index (χ0n) is 16.8. The van der Waals surface area contributed by atoms with E-state index in [1.54, 1.807) is 37.3 Å². The molecule has 1 atom stereocenters. The molecule has 1 unspecified atom stereocenters. The summed E-state index contributed by atoms with van der Waals surface area (Å²) < 4.78 is 10.8. The molecule has 0 aliphatic heterocycles. The molecule has 0 aliphatic carbocycles. The summed E-state index contributed by atoms with van der Waals surface area (Å²) in [4.78, 5) is 24.3. The number of hydrogen-bond acceptors (Lipinski definition) is 6. The molecule has 0 heterocycles. The van der Waals surface area contributed by atoms with Crippen molar-refractivity contribution in [3.05, 3.63) is 53.6 Å². The van der Waals surface area contributed by atoms with Crippen molar-refractivity contribution in [3.8, 4) is 11.5 Å². The molecule has 0 radical (unpaired) electrons. The number of anilines is 1. The summed E-state index contributed by atoms with van der Waals surface area (Å²) in [5.74, 6) is -0.267. The van der Waals surface area contributed by atoms with Gasteiger partial charge >= 0.3 is 5.97 Å². The smallest absolute Gasteiger partial charge is 0.328 e. The van der Waals surface area contributed by atoms with E-state index < -0.39 is 17.9 Å². The molecule has 29 heavy (non-hydrogen) atoms. The Morgan fingerprint density at radius 3 is 2.55 bits per heavy atom. The number of amides is 1. The Morgan fingerprint density at radius 1 is 1.14 bits per heavy atom. The van der Waals surface area contributed by atoms with E-state index in [-0.39, 0.29) is 5.75 Å². The molecule has 156 valence electrons. The molecular formula is C22H28N2O5. The largest absolute Gasteiger partial charge is 0.508 e. The van der Waals surface area contributed by atoms with Gasteiger partial charge in [0.25, 0.3) is 5.91 Å². The van der Waals surface area contributed by atoms with Gasteiger partial charge in [0.05, 0.1) is 18.9 Å². The quantitative estimate of drug-likeness (QED) is 0.321. The number of phenolic OH excluding ortho intramolecular Hbond substituents is 1. The Morgan fingerprint density at radius 2 is 1.86 bits per heavy atom. The third kappa shape index (κ3) is 7.03. The van der Waals surface area contributed by atoms with Gasteiger partial charge in [-0.1, -0.05) is 25.5 Å². The third-order valence-electron chi connectivity index (χ3n) is 4.30. The van der Waals surface area contributed by atoms with Crippen LogP contribution >= 0.6 is 0 Å². The summed E-state index contributed by atoms with van der Waals surface area (Å²) in [6, 6.07) is 10.8. The summed E-state index contributed by atoms with van der Waals surface area (Å²) in [5, 5.41) is 11.9. The van der Waals surface area contributed by atoms with E-state index in [0.29, 0.717) is 36.6 Å². The van der Waals surface area contributed by atoms with Crippen LogP contribution in [0.1, 0.15) is 42.6 Å². The van der Waals surface area contributed by atoms with E-state index in [2.05, 4.69) is 5.32 Å². The fourth-order valence-corrected chi connectivity index (χ4v) is 2.52. The van der Waals surface area contributed by atoms with Gasteiger partial charge in [0.1, 0.15) is 17.5 Å². The molecule has 0 fully saturated rings. The number of carbonyl (C=O) groups excluding carboxylic acids is 2. The van der Waals surface area contributed by atoms with E-state index >= 15 is 0 Å². The minimum Gasteiger partial charge on any atom is -0.508 e. The second-order valence-electron chi connectivity index (χ2n) is 6.73. The lowest BCUT2D eigenvalue weighted by Crippen LogP contribution is -2.39. The fraction of sp³-hybridized carbons (Fsp3) is 0.364. The molecule has 2 aromatic rings. The summed E-state index contributed by atoms with van der Waals surface area (Å²) >= 11 is 0. The number of nitrogens with one attached hydrogen (secondary N) is 1. The van der Waals surface area contributed by atoms with Crippen LogP contribution in [0.5, 0.6) is 11.5 Å². The standard InChI is InChI=1S/C22H28N2O5/c1-3-4-12-29-22(27)15(2)24-21(26)17-7-10-19(23)20(14-17)28-13-11-16-5-8-18(25)9-6-16/h5-10,14-15,25H,3-4,11-13,23H2,1-2H3,(H,24,26). The lowest BCUT2D eigenvalue weighted by atomic mass is 10.1. The molecule has 0 saturated heterocycles. The summed E-state index contributed by atoms with van der Waals surface area (Å²) in [5.41, 5.74) is 7.70. The Balaban J connectivity index is 1.91. The Kier molecular flexibility index (Phi) is 8.33. The molecule has 0 aliphatic rings. The molecule has 0 spiro atoms. The number of phenols is 1. The number of benzene rings is 2. The minimum atomic E-state index is -0.754. The number of nitrogens with two attached hydrogens (primary N) is 1. The maximum atomic E-state index is 12.4. The molecule has 0 bridgehead atoms.